The van der Waals surface area contributed by atoms with Gasteiger partial charge in [-0.15, -0.1) is 0 Å². The number of hydrogen-bond donors (Lipinski definition) is 1. The molecule has 2 nitrogen and oxygen atoms in total. The van der Waals surface area contributed by atoms with Crippen LogP contribution in [-0.4, -0.2) is 24.0 Å². The molecule has 1 aromatic rings. The van der Waals surface area contributed by atoms with Crippen molar-refractivity contribution in [1.82, 2.24) is 10.2 Å². The van der Waals surface area contributed by atoms with Crippen LogP contribution in [0.15, 0.2) is 22.7 Å². The Morgan fingerprint density at radius 2 is 2.20 bits per heavy atom. The van der Waals surface area contributed by atoms with Crippen LogP contribution in [0.3, 0.4) is 0 Å². The van der Waals surface area contributed by atoms with Gasteiger partial charge in [0.1, 0.15) is 0 Å². The molecular weight excluding hydrogens is 312 g/mol. The van der Waals surface area contributed by atoms with Crippen LogP contribution in [0.5, 0.6) is 0 Å². The molecule has 20 heavy (non-hydrogen) atoms. The summed E-state index contributed by atoms with van der Waals surface area (Å²) in [6.07, 6.45) is 2.70. The molecule has 112 valence electrons. The summed E-state index contributed by atoms with van der Waals surface area (Å²) < 4.78 is 1.25. The minimum Gasteiger partial charge on any atom is -0.313 e. The average Bonchev–Trinajstić information content (AvgIpc) is 2.87. The molecule has 1 aliphatic rings. The van der Waals surface area contributed by atoms with Gasteiger partial charge in [0.05, 0.1) is 0 Å². The van der Waals surface area contributed by atoms with Crippen LogP contribution in [-0.2, 0) is 13.1 Å². The minimum atomic E-state index is 0.753. The number of nitrogens with zero attached hydrogens (tertiary/aromatic N) is 1. The van der Waals surface area contributed by atoms with Crippen molar-refractivity contribution in [3.05, 3.63) is 33.8 Å². The summed E-state index contributed by atoms with van der Waals surface area (Å²) in [5, 5.41) is 3.38. The van der Waals surface area contributed by atoms with Gasteiger partial charge in [0.15, 0.2) is 0 Å². The van der Waals surface area contributed by atoms with E-state index in [-0.39, 0.29) is 0 Å². The maximum absolute atomic E-state index is 3.75. The van der Waals surface area contributed by atoms with Crippen molar-refractivity contribution in [2.24, 2.45) is 5.92 Å². The Hall–Kier alpha value is -0.380. The van der Waals surface area contributed by atoms with E-state index < -0.39 is 0 Å². The minimum absolute atomic E-state index is 0.753. The summed E-state index contributed by atoms with van der Waals surface area (Å²) >= 11 is 3.75. The summed E-state index contributed by atoms with van der Waals surface area (Å²) in [5.74, 6) is 0.754. The topological polar surface area (TPSA) is 15.3 Å². The van der Waals surface area contributed by atoms with Crippen LogP contribution < -0.4 is 5.32 Å². The lowest BCUT2D eigenvalue weighted by molar-refractivity contribution is 0.198. The molecule has 0 spiro atoms. The van der Waals surface area contributed by atoms with Crippen LogP contribution in [0.1, 0.15) is 44.7 Å². The second kappa shape index (κ2) is 7.58. The molecule has 1 atom stereocenters. The van der Waals surface area contributed by atoms with Gasteiger partial charge in [-0.3, -0.25) is 4.90 Å². The van der Waals surface area contributed by atoms with Gasteiger partial charge < -0.3 is 5.32 Å². The number of nitrogens with one attached hydrogen (secondary N) is 1. The molecular formula is C17H27BrN2. The highest BCUT2D eigenvalue weighted by atomic mass is 79.9. The molecule has 0 aliphatic carbocycles. The van der Waals surface area contributed by atoms with E-state index in [4.69, 9.17) is 0 Å². The van der Waals surface area contributed by atoms with Gasteiger partial charge in [-0.2, -0.15) is 0 Å². The third-order valence-electron chi connectivity index (χ3n) is 4.25. The molecule has 3 heteroatoms. The van der Waals surface area contributed by atoms with E-state index in [1.165, 1.54) is 35.0 Å². The van der Waals surface area contributed by atoms with Crippen molar-refractivity contribution in [2.45, 2.75) is 52.7 Å². The third-order valence-corrected chi connectivity index (χ3v) is 4.99. The first kappa shape index (κ1) is 16.0. The van der Waals surface area contributed by atoms with E-state index in [2.05, 4.69) is 65.1 Å². The molecule has 0 bridgehead atoms. The number of rotatable bonds is 6. The lowest BCUT2D eigenvalue weighted by Gasteiger charge is -2.28. The quantitative estimate of drug-likeness (QED) is 0.836. The first-order valence-electron chi connectivity index (χ1n) is 7.84. The van der Waals surface area contributed by atoms with Crippen LogP contribution in [0.2, 0.25) is 0 Å². The van der Waals surface area contributed by atoms with Gasteiger partial charge in [-0.05, 0) is 49.0 Å². The Bertz CT molecular complexity index is 431. The number of likely N-dealkylation sites (tertiary alicyclic amines) is 1. The molecule has 0 saturated carbocycles. The van der Waals surface area contributed by atoms with Crippen LogP contribution in [0.4, 0.5) is 0 Å². The third kappa shape index (κ3) is 4.06. The van der Waals surface area contributed by atoms with Crippen LogP contribution >= 0.6 is 15.9 Å². The van der Waals surface area contributed by atoms with Crippen molar-refractivity contribution in [3.63, 3.8) is 0 Å². The highest BCUT2D eigenvalue weighted by molar-refractivity contribution is 9.10. The zero-order valence-electron chi connectivity index (χ0n) is 13.0. The summed E-state index contributed by atoms with van der Waals surface area (Å²) in [4.78, 5) is 2.65. The summed E-state index contributed by atoms with van der Waals surface area (Å²) in [6.45, 7) is 11.1. The lowest BCUT2D eigenvalue weighted by Crippen LogP contribution is -2.32. The Balaban J connectivity index is 2.02. The molecule has 0 radical (unpaired) electrons. The summed E-state index contributed by atoms with van der Waals surface area (Å²) in [7, 11) is 0. The van der Waals surface area contributed by atoms with Crippen molar-refractivity contribution in [3.8, 4) is 0 Å². The average molecular weight is 339 g/mol. The van der Waals surface area contributed by atoms with Gasteiger partial charge in [-0.1, -0.05) is 48.8 Å². The molecule has 2 rings (SSSR count). The Morgan fingerprint density at radius 3 is 2.85 bits per heavy atom. The molecule has 0 aromatic heterocycles. The fourth-order valence-electron chi connectivity index (χ4n) is 3.12. The fourth-order valence-corrected chi connectivity index (χ4v) is 3.67. The van der Waals surface area contributed by atoms with E-state index in [1.54, 1.807) is 0 Å². The van der Waals surface area contributed by atoms with Gasteiger partial charge in [0.25, 0.3) is 0 Å². The van der Waals surface area contributed by atoms with Gasteiger partial charge >= 0.3 is 0 Å². The fraction of sp³-hybridized carbons (Fsp3) is 0.647. The normalized spacial score (nSPS) is 19.9. The SMILES string of the molecule is CCNCc1ccc(CN2CCCC2C(C)C)c(Br)c1. The van der Waals surface area contributed by atoms with Crippen LogP contribution in [0, 0.1) is 5.92 Å². The van der Waals surface area contributed by atoms with E-state index >= 15 is 0 Å². The maximum atomic E-state index is 3.75. The van der Waals surface area contributed by atoms with Crippen molar-refractivity contribution >= 4 is 15.9 Å². The van der Waals surface area contributed by atoms with Gasteiger partial charge in [0, 0.05) is 23.6 Å². The maximum Gasteiger partial charge on any atom is 0.0247 e. The van der Waals surface area contributed by atoms with Gasteiger partial charge in [0.2, 0.25) is 0 Å². The molecule has 1 heterocycles. The van der Waals surface area contributed by atoms with Crippen LogP contribution in [0.25, 0.3) is 0 Å². The van der Waals surface area contributed by atoms with E-state index in [0.717, 1.165) is 31.6 Å². The predicted octanol–water partition coefficient (Wildman–Crippen LogP) is 4.18. The summed E-state index contributed by atoms with van der Waals surface area (Å²) in [5.41, 5.74) is 2.77. The highest BCUT2D eigenvalue weighted by Crippen LogP contribution is 2.28. The molecule has 1 aliphatic heterocycles. The Kier molecular flexibility index (Phi) is 6.06. The van der Waals surface area contributed by atoms with E-state index in [9.17, 15) is 0 Å². The second-order valence-corrected chi connectivity index (χ2v) is 6.98. The lowest BCUT2D eigenvalue weighted by atomic mass is 10.0. The largest absolute Gasteiger partial charge is 0.313 e. The Morgan fingerprint density at radius 1 is 1.40 bits per heavy atom. The van der Waals surface area contributed by atoms with Gasteiger partial charge in [-0.25, -0.2) is 0 Å². The standard InChI is InChI=1S/C17H27BrN2/c1-4-19-11-14-7-8-15(16(18)10-14)12-20-9-5-6-17(20)13(2)3/h7-8,10,13,17,19H,4-6,9,11-12H2,1-3H3. The van der Waals surface area contributed by atoms with E-state index in [0.29, 0.717) is 0 Å². The number of hydrogen-bond acceptors (Lipinski definition) is 2. The Labute approximate surface area is 132 Å². The molecule has 1 saturated heterocycles. The molecule has 1 aromatic carbocycles. The zero-order valence-corrected chi connectivity index (χ0v) is 14.5. The van der Waals surface area contributed by atoms with Crippen molar-refractivity contribution < 1.29 is 0 Å². The predicted molar refractivity (Wildman–Crippen MR) is 89.8 cm³/mol. The van der Waals surface area contributed by atoms with Crippen molar-refractivity contribution in [1.29, 1.82) is 0 Å². The monoisotopic (exact) mass is 338 g/mol. The summed E-state index contributed by atoms with van der Waals surface area (Å²) in [6, 6.07) is 7.55. The molecule has 1 fully saturated rings. The zero-order chi connectivity index (χ0) is 14.5. The van der Waals surface area contributed by atoms with Crippen molar-refractivity contribution in [2.75, 3.05) is 13.1 Å². The second-order valence-electron chi connectivity index (χ2n) is 6.13. The highest BCUT2D eigenvalue weighted by Gasteiger charge is 2.27. The number of halogens is 1. The number of benzene rings is 1. The smallest absolute Gasteiger partial charge is 0.0247 e. The first-order valence-corrected chi connectivity index (χ1v) is 8.63. The molecule has 1 N–H and O–H groups in total. The van der Waals surface area contributed by atoms with E-state index in [1.807, 2.05) is 0 Å². The first-order chi connectivity index (χ1) is 9.61. The molecule has 1 unspecified atom stereocenters. The molecule has 0 amide bonds.